The van der Waals surface area contributed by atoms with E-state index < -0.39 is 20.9 Å². The summed E-state index contributed by atoms with van der Waals surface area (Å²) in [5.74, 6) is 0.320. The highest BCUT2D eigenvalue weighted by atomic mass is 32.2. The molecule has 10 heteroatoms. The number of furan rings is 1. The summed E-state index contributed by atoms with van der Waals surface area (Å²) in [7, 11) is -1.89. The van der Waals surface area contributed by atoms with Gasteiger partial charge in [0.2, 0.25) is 15.9 Å². The van der Waals surface area contributed by atoms with Crippen LogP contribution in [-0.2, 0) is 21.4 Å². The summed E-state index contributed by atoms with van der Waals surface area (Å²) < 4.78 is 29.4. The van der Waals surface area contributed by atoms with E-state index in [1.165, 1.54) is 31.3 Å². The van der Waals surface area contributed by atoms with Gasteiger partial charge in [0.05, 0.1) is 29.0 Å². The molecule has 0 aliphatic heterocycles. The van der Waals surface area contributed by atoms with Crippen LogP contribution in [0.2, 0.25) is 0 Å². The lowest BCUT2D eigenvalue weighted by Crippen LogP contribution is -2.24. The van der Waals surface area contributed by atoms with Crippen LogP contribution in [0.15, 0.2) is 40.8 Å². The largest absolute Gasteiger partial charge is 0.460 e. The van der Waals surface area contributed by atoms with Gasteiger partial charge in [-0.15, -0.1) is 0 Å². The molecule has 0 saturated heterocycles. The van der Waals surface area contributed by atoms with Crippen LogP contribution in [0.25, 0.3) is 6.08 Å². The van der Waals surface area contributed by atoms with E-state index in [4.69, 9.17) is 4.42 Å². The molecular weight excluding hydrogens is 374 g/mol. The summed E-state index contributed by atoms with van der Waals surface area (Å²) >= 11 is 0. The van der Waals surface area contributed by atoms with Crippen molar-refractivity contribution >= 4 is 33.4 Å². The van der Waals surface area contributed by atoms with E-state index in [0.29, 0.717) is 22.8 Å². The standard InChI is InChI=1S/C17H19N3O6S/c1-12-15(5-4-6-16(12)20(22)23)18-17(21)10-9-13-7-8-14(26-13)11-19(2)27(3,24)25/h4-10H,11H2,1-3H3,(H,18,21)/b10-9+. The van der Waals surface area contributed by atoms with Crippen molar-refractivity contribution in [2.45, 2.75) is 13.5 Å². The second-order valence-corrected chi connectivity index (χ2v) is 7.94. The molecule has 27 heavy (non-hydrogen) atoms. The Labute approximate surface area is 156 Å². The lowest BCUT2D eigenvalue weighted by atomic mass is 10.1. The Morgan fingerprint density at radius 1 is 1.33 bits per heavy atom. The summed E-state index contributed by atoms with van der Waals surface area (Å²) in [5.41, 5.74) is 0.615. The maximum atomic E-state index is 12.0. The number of anilines is 1. The molecule has 0 fully saturated rings. The predicted octanol–water partition coefficient (Wildman–Crippen LogP) is 2.54. The number of nitro benzene ring substituents is 1. The fraction of sp³-hybridized carbons (Fsp3) is 0.235. The van der Waals surface area contributed by atoms with Crippen molar-refractivity contribution in [2.24, 2.45) is 0 Å². The maximum absolute atomic E-state index is 12.0. The number of hydrogen-bond donors (Lipinski definition) is 1. The molecule has 2 rings (SSSR count). The van der Waals surface area contributed by atoms with Crippen molar-refractivity contribution in [2.75, 3.05) is 18.6 Å². The van der Waals surface area contributed by atoms with Crippen LogP contribution in [0.1, 0.15) is 17.1 Å². The molecule has 0 spiro atoms. The average Bonchev–Trinajstić information content (AvgIpc) is 3.01. The molecule has 0 aliphatic carbocycles. The van der Waals surface area contributed by atoms with Crippen LogP contribution in [0, 0.1) is 17.0 Å². The third-order valence-corrected chi connectivity index (χ3v) is 5.05. The third kappa shape index (κ3) is 5.50. The van der Waals surface area contributed by atoms with Crippen LogP contribution < -0.4 is 5.32 Å². The topological polar surface area (TPSA) is 123 Å². The molecule has 0 aliphatic rings. The number of hydrogen-bond acceptors (Lipinski definition) is 6. The van der Waals surface area contributed by atoms with Crippen LogP contribution >= 0.6 is 0 Å². The maximum Gasteiger partial charge on any atom is 0.274 e. The van der Waals surface area contributed by atoms with Crippen LogP contribution in [0.3, 0.4) is 0 Å². The first-order valence-electron chi connectivity index (χ1n) is 7.81. The number of nitro groups is 1. The normalized spacial score (nSPS) is 11.9. The minimum atomic E-state index is -3.32. The Morgan fingerprint density at radius 2 is 2.04 bits per heavy atom. The molecule has 1 N–H and O–H groups in total. The number of carbonyl (C=O) groups excluding carboxylic acids is 1. The van der Waals surface area contributed by atoms with Gasteiger partial charge in [-0.25, -0.2) is 8.42 Å². The van der Waals surface area contributed by atoms with Gasteiger partial charge in [-0.1, -0.05) is 6.07 Å². The number of sulfonamides is 1. The van der Waals surface area contributed by atoms with Gasteiger partial charge in [0, 0.05) is 19.2 Å². The average molecular weight is 393 g/mol. The Hall–Kier alpha value is -2.98. The molecule has 0 bridgehead atoms. The summed E-state index contributed by atoms with van der Waals surface area (Å²) in [6.45, 7) is 1.63. The number of carbonyl (C=O) groups is 1. The van der Waals surface area contributed by atoms with Gasteiger partial charge >= 0.3 is 0 Å². The molecule has 1 aromatic heterocycles. The van der Waals surface area contributed by atoms with E-state index in [1.807, 2.05) is 0 Å². The number of amides is 1. The van der Waals surface area contributed by atoms with Crippen molar-refractivity contribution in [1.29, 1.82) is 0 Å². The van der Waals surface area contributed by atoms with Gasteiger partial charge in [-0.3, -0.25) is 14.9 Å². The summed E-state index contributed by atoms with van der Waals surface area (Å²) in [6.07, 6.45) is 3.74. The van der Waals surface area contributed by atoms with Crippen molar-refractivity contribution in [3.8, 4) is 0 Å². The monoisotopic (exact) mass is 393 g/mol. The third-order valence-electron chi connectivity index (χ3n) is 3.79. The van der Waals surface area contributed by atoms with E-state index in [2.05, 4.69) is 5.32 Å². The predicted molar refractivity (Wildman–Crippen MR) is 101 cm³/mol. The molecule has 9 nitrogen and oxygen atoms in total. The molecule has 0 radical (unpaired) electrons. The molecule has 1 amide bonds. The minimum absolute atomic E-state index is 0.0751. The molecule has 0 atom stereocenters. The number of rotatable bonds is 7. The fourth-order valence-corrected chi connectivity index (χ4v) is 2.56. The number of nitrogens with one attached hydrogen (secondary N) is 1. The lowest BCUT2D eigenvalue weighted by Gasteiger charge is -2.11. The van der Waals surface area contributed by atoms with E-state index >= 15 is 0 Å². The van der Waals surface area contributed by atoms with Gasteiger partial charge in [-0.2, -0.15) is 4.31 Å². The number of nitrogens with zero attached hydrogens (tertiary/aromatic N) is 2. The van der Waals surface area contributed by atoms with Crippen LogP contribution in [0.5, 0.6) is 0 Å². The fourth-order valence-electron chi connectivity index (χ4n) is 2.19. The van der Waals surface area contributed by atoms with Gasteiger partial charge in [0.25, 0.3) is 5.69 Å². The van der Waals surface area contributed by atoms with Crippen LogP contribution in [0.4, 0.5) is 11.4 Å². The molecule has 144 valence electrons. The Bertz CT molecular complexity index is 994. The summed E-state index contributed by atoms with van der Waals surface area (Å²) in [5, 5.41) is 13.5. The minimum Gasteiger partial charge on any atom is -0.460 e. The quantitative estimate of drug-likeness (QED) is 0.438. The number of benzene rings is 1. The molecule has 0 saturated carbocycles. The second-order valence-electron chi connectivity index (χ2n) is 5.85. The molecular formula is C17H19N3O6S. The smallest absolute Gasteiger partial charge is 0.274 e. The van der Waals surface area contributed by atoms with Crippen molar-refractivity contribution in [1.82, 2.24) is 4.31 Å². The van der Waals surface area contributed by atoms with E-state index in [9.17, 15) is 23.3 Å². The zero-order valence-electron chi connectivity index (χ0n) is 15.0. The van der Waals surface area contributed by atoms with Crippen LogP contribution in [-0.4, -0.2) is 36.9 Å². The summed E-state index contributed by atoms with van der Waals surface area (Å²) in [6, 6.07) is 7.64. The highest BCUT2D eigenvalue weighted by Gasteiger charge is 2.15. The first-order valence-corrected chi connectivity index (χ1v) is 9.66. The van der Waals surface area contributed by atoms with E-state index in [1.54, 1.807) is 25.1 Å². The van der Waals surface area contributed by atoms with Gasteiger partial charge in [0.1, 0.15) is 11.5 Å². The zero-order chi connectivity index (χ0) is 20.2. The van der Waals surface area contributed by atoms with Crippen molar-refractivity contribution < 1.29 is 22.6 Å². The Morgan fingerprint density at radius 3 is 2.67 bits per heavy atom. The van der Waals surface area contributed by atoms with E-state index in [0.717, 1.165) is 10.6 Å². The highest BCUT2D eigenvalue weighted by Crippen LogP contribution is 2.25. The SMILES string of the molecule is Cc1c(NC(=O)/C=C/c2ccc(CN(C)S(C)(=O)=O)o2)cccc1[N+](=O)[O-]. The van der Waals surface area contributed by atoms with Gasteiger partial charge in [-0.05, 0) is 31.2 Å². The van der Waals surface area contributed by atoms with Gasteiger partial charge < -0.3 is 9.73 Å². The first kappa shape index (κ1) is 20.3. The molecule has 0 unspecified atom stereocenters. The van der Waals surface area contributed by atoms with Crippen molar-refractivity contribution in [3.63, 3.8) is 0 Å². The Balaban J connectivity index is 2.04. The van der Waals surface area contributed by atoms with Crippen molar-refractivity contribution in [3.05, 3.63) is 63.6 Å². The van der Waals surface area contributed by atoms with Gasteiger partial charge in [0.15, 0.2) is 0 Å². The zero-order valence-corrected chi connectivity index (χ0v) is 15.8. The molecule has 1 heterocycles. The highest BCUT2D eigenvalue weighted by molar-refractivity contribution is 7.88. The first-order chi connectivity index (χ1) is 12.6. The Kier molecular flexibility index (Phi) is 6.13. The molecule has 2 aromatic rings. The lowest BCUT2D eigenvalue weighted by molar-refractivity contribution is -0.385. The molecule has 1 aromatic carbocycles. The summed E-state index contributed by atoms with van der Waals surface area (Å²) in [4.78, 5) is 22.5. The van der Waals surface area contributed by atoms with E-state index in [-0.39, 0.29) is 12.2 Å². The second kappa shape index (κ2) is 8.14.